The fraction of sp³-hybridized carbons (Fsp3) is 0.688. The molecule has 1 fully saturated rings. The fourth-order valence-corrected chi connectivity index (χ4v) is 3.48. The number of hydrogen-bond acceptors (Lipinski definition) is 6. The number of hydrogen-bond donors (Lipinski definition) is 2. The molecule has 0 amide bonds. The molecule has 2 aromatic rings. The van der Waals surface area contributed by atoms with Crippen LogP contribution in [0.25, 0.3) is 5.78 Å². The molecule has 0 bridgehead atoms. The van der Waals surface area contributed by atoms with Crippen LogP contribution in [0.4, 0.5) is 5.82 Å². The lowest BCUT2D eigenvalue weighted by Gasteiger charge is -2.31. The second kappa shape index (κ2) is 7.70. The molecule has 2 N–H and O–H groups in total. The normalized spacial score (nSPS) is 17.5. The molecule has 7 heteroatoms. The zero-order valence-corrected chi connectivity index (χ0v) is 13.6. The number of nitrogens with one attached hydrogen (secondary N) is 1. The SMILES string of the molecule is COCc1cc(N[C@H](CCO)C2CCCCC2)n2ncnc2n1. The average Bonchev–Trinajstić information content (AvgIpc) is 3.04. The van der Waals surface area contributed by atoms with Crippen molar-refractivity contribution in [2.45, 2.75) is 51.2 Å². The lowest BCUT2D eigenvalue weighted by molar-refractivity contribution is 0.181. The van der Waals surface area contributed by atoms with Crippen molar-refractivity contribution >= 4 is 11.6 Å². The number of ether oxygens (including phenoxy) is 1. The number of anilines is 1. The Hall–Kier alpha value is -1.73. The summed E-state index contributed by atoms with van der Waals surface area (Å²) in [5.41, 5.74) is 0.821. The van der Waals surface area contributed by atoms with E-state index in [1.165, 1.54) is 38.4 Å². The molecular weight excluding hydrogens is 294 g/mol. The van der Waals surface area contributed by atoms with Gasteiger partial charge in [0.15, 0.2) is 0 Å². The van der Waals surface area contributed by atoms with Crippen molar-refractivity contribution in [2.75, 3.05) is 19.0 Å². The van der Waals surface area contributed by atoms with Gasteiger partial charge in [-0.2, -0.15) is 14.6 Å². The molecule has 0 unspecified atom stereocenters. The maximum atomic E-state index is 9.45. The van der Waals surface area contributed by atoms with Crippen LogP contribution in [0.1, 0.15) is 44.2 Å². The highest BCUT2D eigenvalue weighted by Crippen LogP contribution is 2.29. The van der Waals surface area contributed by atoms with E-state index in [-0.39, 0.29) is 12.6 Å². The summed E-state index contributed by atoms with van der Waals surface area (Å²) in [6, 6.07) is 2.20. The van der Waals surface area contributed by atoms with E-state index in [0.29, 0.717) is 18.3 Å². The molecule has 1 saturated carbocycles. The Labute approximate surface area is 136 Å². The second-order valence-corrected chi connectivity index (χ2v) is 6.20. The lowest BCUT2D eigenvalue weighted by Crippen LogP contribution is -2.32. The summed E-state index contributed by atoms with van der Waals surface area (Å²) < 4.78 is 6.90. The van der Waals surface area contributed by atoms with Gasteiger partial charge in [0.1, 0.15) is 12.1 Å². The smallest absolute Gasteiger partial charge is 0.254 e. The van der Waals surface area contributed by atoms with E-state index in [1.807, 2.05) is 6.07 Å². The number of aliphatic hydroxyl groups is 1. The molecule has 2 heterocycles. The summed E-state index contributed by atoms with van der Waals surface area (Å²) in [5.74, 6) is 2.02. The summed E-state index contributed by atoms with van der Waals surface area (Å²) in [5, 5.41) is 17.3. The topological polar surface area (TPSA) is 84.6 Å². The highest BCUT2D eigenvalue weighted by Gasteiger charge is 2.24. The summed E-state index contributed by atoms with van der Waals surface area (Å²) in [6.45, 7) is 0.622. The van der Waals surface area contributed by atoms with Crippen LogP contribution in [0.5, 0.6) is 0 Å². The number of methoxy groups -OCH3 is 1. The van der Waals surface area contributed by atoms with Crippen LogP contribution in [0, 0.1) is 5.92 Å². The first-order valence-electron chi connectivity index (χ1n) is 8.38. The minimum absolute atomic E-state index is 0.185. The Bertz CT molecular complexity index is 624. The molecule has 126 valence electrons. The average molecular weight is 319 g/mol. The highest BCUT2D eigenvalue weighted by atomic mass is 16.5. The molecule has 0 aromatic carbocycles. The first-order chi connectivity index (χ1) is 11.3. The molecule has 0 spiro atoms. The van der Waals surface area contributed by atoms with Gasteiger partial charge in [0.2, 0.25) is 0 Å². The maximum absolute atomic E-state index is 9.45. The van der Waals surface area contributed by atoms with Crippen molar-refractivity contribution in [3.05, 3.63) is 18.1 Å². The predicted octanol–water partition coefficient (Wildman–Crippen LogP) is 2.01. The van der Waals surface area contributed by atoms with Gasteiger partial charge in [-0.15, -0.1) is 0 Å². The van der Waals surface area contributed by atoms with Crippen molar-refractivity contribution in [3.63, 3.8) is 0 Å². The van der Waals surface area contributed by atoms with Crippen LogP contribution in [0.15, 0.2) is 12.4 Å². The standard InChI is InChI=1S/C16H25N5O2/c1-23-10-13-9-15(21-16(19-13)17-11-18-21)20-14(7-8-22)12-5-3-2-4-6-12/h9,11-12,14,20,22H,2-8,10H2,1H3/t14-/m1/s1. The molecule has 7 nitrogen and oxygen atoms in total. The van der Waals surface area contributed by atoms with E-state index in [0.717, 1.165) is 17.9 Å². The van der Waals surface area contributed by atoms with Crippen LogP contribution >= 0.6 is 0 Å². The molecular formula is C16H25N5O2. The first-order valence-corrected chi connectivity index (χ1v) is 8.38. The molecule has 0 saturated heterocycles. The molecule has 2 aromatic heterocycles. The Balaban J connectivity index is 1.85. The van der Waals surface area contributed by atoms with Crippen LogP contribution in [-0.2, 0) is 11.3 Å². The Morgan fingerprint density at radius 3 is 2.96 bits per heavy atom. The number of aromatic nitrogens is 4. The van der Waals surface area contributed by atoms with Gasteiger partial charge in [-0.25, -0.2) is 4.98 Å². The number of nitrogens with zero attached hydrogens (tertiary/aromatic N) is 4. The molecule has 0 radical (unpaired) electrons. The third-order valence-electron chi connectivity index (χ3n) is 4.59. The maximum Gasteiger partial charge on any atom is 0.254 e. The van der Waals surface area contributed by atoms with Crippen LogP contribution in [-0.4, -0.2) is 44.4 Å². The summed E-state index contributed by atoms with van der Waals surface area (Å²) in [7, 11) is 1.65. The monoisotopic (exact) mass is 319 g/mol. The largest absolute Gasteiger partial charge is 0.396 e. The zero-order chi connectivity index (χ0) is 16.1. The van der Waals surface area contributed by atoms with Gasteiger partial charge >= 0.3 is 0 Å². The molecule has 23 heavy (non-hydrogen) atoms. The van der Waals surface area contributed by atoms with Crippen LogP contribution < -0.4 is 5.32 Å². The Kier molecular flexibility index (Phi) is 5.40. The second-order valence-electron chi connectivity index (χ2n) is 6.20. The molecule has 0 aliphatic heterocycles. The van der Waals surface area contributed by atoms with E-state index in [4.69, 9.17) is 4.74 Å². The molecule has 1 atom stereocenters. The zero-order valence-electron chi connectivity index (χ0n) is 13.6. The number of aliphatic hydroxyl groups excluding tert-OH is 1. The van der Waals surface area contributed by atoms with Crippen LogP contribution in [0.3, 0.4) is 0 Å². The van der Waals surface area contributed by atoms with Gasteiger partial charge < -0.3 is 15.2 Å². The third kappa shape index (κ3) is 3.79. The minimum atomic E-state index is 0.185. The van der Waals surface area contributed by atoms with Crippen molar-refractivity contribution in [3.8, 4) is 0 Å². The van der Waals surface area contributed by atoms with E-state index < -0.39 is 0 Å². The van der Waals surface area contributed by atoms with Crippen LogP contribution in [0.2, 0.25) is 0 Å². The number of rotatable bonds is 7. The van der Waals surface area contributed by atoms with E-state index in [9.17, 15) is 5.11 Å². The Morgan fingerprint density at radius 1 is 1.39 bits per heavy atom. The van der Waals surface area contributed by atoms with Gasteiger partial charge in [-0.1, -0.05) is 19.3 Å². The molecule has 1 aliphatic rings. The van der Waals surface area contributed by atoms with Gasteiger partial charge in [-0.05, 0) is 25.2 Å². The minimum Gasteiger partial charge on any atom is -0.396 e. The summed E-state index contributed by atoms with van der Waals surface area (Å²) >= 11 is 0. The van der Waals surface area contributed by atoms with Gasteiger partial charge in [0, 0.05) is 25.8 Å². The van der Waals surface area contributed by atoms with Gasteiger partial charge in [0.25, 0.3) is 5.78 Å². The lowest BCUT2D eigenvalue weighted by atomic mass is 9.83. The van der Waals surface area contributed by atoms with E-state index in [1.54, 1.807) is 11.6 Å². The van der Waals surface area contributed by atoms with E-state index in [2.05, 4.69) is 20.4 Å². The van der Waals surface area contributed by atoms with Gasteiger partial charge in [-0.3, -0.25) is 0 Å². The fourth-order valence-electron chi connectivity index (χ4n) is 3.48. The van der Waals surface area contributed by atoms with Crippen molar-refractivity contribution in [2.24, 2.45) is 5.92 Å². The summed E-state index contributed by atoms with van der Waals surface area (Å²) in [6.07, 6.45) is 8.55. The summed E-state index contributed by atoms with van der Waals surface area (Å²) in [4.78, 5) is 8.61. The van der Waals surface area contributed by atoms with Crippen molar-refractivity contribution in [1.82, 2.24) is 19.6 Å². The molecule has 1 aliphatic carbocycles. The van der Waals surface area contributed by atoms with E-state index >= 15 is 0 Å². The molecule has 3 rings (SSSR count). The first kappa shape index (κ1) is 16.1. The third-order valence-corrected chi connectivity index (χ3v) is 4.59. The number of fused-ring (bicyclic) bond motifs is 1. The van der Waals surface area contributed by atoms with Gasteiger partial charge in [0.05, 0.1) is 12.3 Å². The predicted molar refractivity (Wildman–Crippen MR) is 87.2 cm³/mol. The Morgan fingerprint density at radius 2 is 2.22 bits per heavy atom. The highest BCUT2D eigenvalue weighted by molar-refractivity contribution is 5.45. The quantitative estimate of drug-likeness (QED) is 0.812. The van der Waals surface area contributed by atoms with Crippen molar-refractivity contribution < 1.29 is 9.84 Å². The van der Waals surface area contributed by atoms with Crippen molar-refractivity contribution in [1.29, 1.82) is 0 Å².